The third kappa shape index (κ3) is 2.77. The van der Waals surface area contributed by atoms with Crippen molar-refractivity contribution in [2.24, 2.45) is 11.7 Å². The van der Waals surface area contributed by atoms with Crippen molar-refractivity contribution in [3.05, 3.63) is 22.4 Å². The van der Waals surface area contributed by atoms with Gasteiger partial charge in [0.15, 0.2) is 5.79 Å². The van der Waals surface area contributed by atoms with Crippen molar-refractivity contribution < 1.29 is 9.47 Å². The van der Waals surface area contributed by atoms with Gasteiger partial charge in [-0.3, -0.25) is 0 Å². The first-order valence-electron chi connectivity index (χ1n) is 6.58. The van der Waals surface area contributed by atoms with E-state index < -0.39 is 0 Å². The molecule has 18 heavy (non-hydrogen) atoms. The molecule has 1 aliphatic rings. The summed E-state index contributed by atoms with van der Waals surface area (Å²) < 4.78 is 11.1. The Morgan fingerprint density at radius 3 is 2.50 bits per heavy atom. The Morgan fingerprint density at radius 1 is 1.39 bits per heavy atom. The van der Waals surface area contributed by atoms with Gasteiger partial charge in [0.25, 0.3) is 0 Å². The molecule has 4 heteroatoms. The quantitative estimate of drug-likeness (QED) is 0.836. The second-order valence-electron chi connectivity index (χ2n) is 5.01. The van der Waals surface area contributed by atoms with Crippen molar-refractivity contribution in [1.29, 1.82) is 0 Å². The van der Waals surface area contributed by atoms with Crippen LogP contribution in [-0.2, 0) is 9.47 Å². The summed E-state index contributed by atoms with van der Waals surface area (Å²) in [6, 6.07) is 4.32. The molecule has 1 fully saturated rings. The predicted octanol–water partition coefficient (Wildman–Crippen LogP) is 2.97. The lowest BCUT2D eigenvalue weighted by Crippen LogP contribution is -2.39. The number of ether oxygens (including phenoxy) is 2. The predicted molar refractivity (Wildman–Crippen MR) is 74.8 cm³/mol. The van der Waals surface area contributed by atoms with Crippen LogP contribution < -0.4 is 5.73 Å². The molecule has 0 aromatic carbocycles. The van der Waals surface area contributed by atoms with Gasteiger partial charge in [-0.05, 0) is 30.2 Å². The van der Waals surface area contributed by atoms with Crippen molar-refractivity contribution in [1.82, 2.24) is 0 Å². The fraction of sp³-hybridized carbons (Fsp3) is 0.714. The van der Waals surface area contributed by atoms with Gasteiger partial charge in [-0.2, -0.15) is 0 Å². The highest BCUT2D eigenvalue weighted by atomic mass is 32.1. The molecule has 1 heterocycles. The molecule has 0 saturated heterocycles. The third-order valence-corrected chi connectivity index (χ3v) is 5.27. The van der Waals surface area contributed by atoms with Crippen molar-refractivity contribution in [2.45, 2.75) is 37.4 Å². The molecule has 0 radical (unpaired) electrons. The van der Waals surface area contributed by atoms with E-state index in [0.717, 1.165) is 32.2 Å². The van der Waals surface area contributed by atoms with Crippen molar-refractivity contribution in [2.75, 3.05) is 20.8 Å². The van der Waals surface area contributed by atoms with E-state index in [-0.39, 0.29) is 5.79 Å². The number of rotatable bonds is 5. The maximum Gasteiger partial charge on any atom is 0.167 e. The highest BCUT2D eigenvalue weighted by Gasteiger charge is 2.38. The molecule has 1 aromatic rings. The number of hydrogen-bond donors (Lipinski definition) is 1. The highest BCUT2D eigenvalue weighted by Crippen LogP contribution is 2.42. The largest absolute Gasteiger partial charge is 0.353 e. The van der Waals surface area contributed by atoms with Gasteiger partial charge < -0.3 is 15.2 Å². The molecule has 0 aliphatic heterocycles. The van der Waals surface area contributed by atoms with Crippen molar-refractivity contribution in [3.63, 3.8) is 0 Å². The molecular weight excluding hydrogens is 246 g/mol. The van der Waals surface area contributed by atoms with Gasteiger partial charge in [0.05, 0.1) is 0 Å². The van der Waals surface area contributed by atoms with Gasteiger partial charge in [0.1, 0.15) is 0 Å². The summed E-state index contributed by atoms with van der Waals surface area (Å²) in [6.07, 6.45) is 4.18. The van der Waals surface area contributed by atoms with E-state index in [1.54, 1.807) is 14.2 Å². The first kappa shape index (κ1) is 14.0. The maximum atomic E-state index is 5.97. The van der Waals surface area contributed by atoms with Crippen LogP contribution in [0.15, 0.2) is 17.5 Å². The molecule has 1 aliphatic carbocycles. The van der Waals surface area contributed by atoms with E-state index >= 15 is 0 Å². The molecule has 2 rings (SSSR count). The minimum absolute atomic E-state index is 0.356. The minimum Gasteiger partial charge on any atom is -0.353 e. The number of nitrogens with two attached hydrogens (primary N) is 1. The molecule has 0 amide bonds. The summed E-state index contributed by atoms with van der Waals surface area (Å²) in [7, 11) is 3.48. The number of hydrogen-bond acceptors (Lipinski definition) is 4. The molecule has 1 aromatic heterocycles. The molecule has 0 spiro atoms. The summed E-state index contributed by atoms with van der Waals surface area (Å²) in [5.41, 5.74) is 5.97. The van der Waals surface area contributed by atoms with Crippen LogP contribution in [0.25, 0.3) is 0 Å². The molecule has 1 saturated carbocycles. The summed E-state index contributed by atoms with van der Waals surface area (Å²) in [4.78, 5) is 1.42. The monoisotopic (exact) mass is 269 g/mol. The fourth-order valence-electron chi connectivity index (χ4n) is 3.02. The van der Waals surface area contributed by atoms with Crippen LogP contribution in [0.3, 0.4) is 0 Å². The lowest BCUT2D eigenvalue weighted by Gasteiger charge is -2.40. The highest BCUT2D eigenvalue weighted by molar-refractivity contribution is 7.10. The normalized spacial score (nSPS) is 21.9. The molecular formula is C14H23NO2S. The summed E-state index contributed by atoms with van der Waals surface area (Å²) in [5, 5.41) is 2.13. The zero-order valence-corrected chi connectivity index (χ0v) is 12.0. The third-order valence-electron chi connectivity index (χ3n) is 4.27. The average Bonchev–Trinajstić information content (AvgIpc) is 2.95. The van der Waals surface area contributed by atoms with Crippen molar-refractivity contribution >= 4 is 11.3 Å². The Bertz CT molecular complexity index is 339. The van der Waals surface area contributed by atoms with E-state index in [9.17, 15) is 0 Å². The van der Waals surface area contributed by atoms with Crippen LogP contribution in [0.1, 0.15) is 36.5 Å². The van der Waals surface area contributed by atoms with Crippen LogP contribution >= 0.6 is 11.3 Å². The van der Waals surface area contributed by atoms with Gasteiger partial charge >= 0.3 is 0 Å². The molecule has 102 valence electrons. The zero-order valence-electron chi connectivity index (χ0n) is 11.2. The van der Waals surface area contributed by atoms with Gasteiger partial charge in [0.2, 0.25) is 0 Å². The van der Waals surface area contributed by atoms with Gasteiger partial charge in [0, 0.05) is 44.4 Å². The Kier molecular flexibility index (Phi) is 4.78. The van der Waals surface area contributed by atoms with E-state index in [1.807, 2.05) is 11.3 Å². The van der Waals surface area contributed by atoms with E-state index in [4.69, 9.17) is 15.2 Å². The molecule has 3 nitrogen and oxygen atoms in total. The van der Waals surface area contributed by atoms with Crippen molar-refractivity contribution in [3.8, 4) is 0 Å². The number of thiophene rings is 1. The fourth-order valence-corrected chi connectivity index (χ4v) is 3.95. The summed E-state index contributed by atoms with van der Waals surface area (Å²) in [5.74, 6) is 0.800. The van der Waals surface area contributed by atoms with Crippen LogP contribution in [0, 0.1) is 5.92 Å². The SMILES string of the molecule is COC1(OC)CCC(C(CN)c2cccs2)CC1. The topological polar surface area (TPSA) is 44.5 Å². The smallest absolute Gasteiger partial charge is 0.167 e. The second kappa shape index (κ2) is 6.15. The minimum atomic E-state index is -0.356. The standard InChI is InChI=1S/C14H23NO2S/c1-16-14(17-2)7-5-11(6-8-14)12(10-15)13-4-3-9-18-13/h3-4,9,11-12H,5-8,10,15H2,1-2H3. The first-order chi connectivity index (χ1) is 8.74. The van der Waals surface area contributed by atoms with Crippen LogP contribution in [0.5, 0.6) is 0 Å². The van der Waals surface area contributed by atoms with Gasteiger partial charge in [-0.25, -0.2) is 0 Å². The lowest BCUT2D eigenvalue weighted by atomic mass is 9.77. The Morgan fingerprint density at radius 2 is 2.06 bits per heavy atom. The van der Waals surface area contributed by atoms with Crippen LogP contribution in [0.4, 0.5) is 0 Å². The van der Waals surface area contributed by atoms with E-state index in [2.05, 4.69) is 17.5 Å². The maximum absolute atomic E-state index is 5.97. The Labute approximate surface area is 113 Å². The molecule has 1 atom stereocenters. The van der Waals surface area contributed by atoms with Crippen LogP contribution in [0.2, 0.25) is 0 Å². The van der Waals surface area contributed by atoms with Crippen LogP contribution in [-0.4, -0.2) is 26.6 Å². The molecule has 0 bridgehead atoms. The van der Waals surface area contributed by atoms with E-state index in [1.165, 1.54) is 4.88 Å². The molecule has 2 N–H and O–H groups in total. The molecule has 1 unspecified atom stereocenters. The first-order valence-corrected chi connectivity index (χ1v) is 7.46. The lowest BCUT2D eigenvalue weighted by molar-refractivity contribution is -0.228. The summed E-state index contributed by atoms with van der Waals surface area (Å²) >= 11 is 1.82. The second-order valence-corrected chi connectivity index (χ2v) is 5.99. The zero-order chi connectivity index (χ0) is 13.0. The van der Waals surface area contributed by atoms with Gasteiger partial charge in [-0.1, -0.05) is 6.07 Å². The van der Waals surface area contributed by atoms with Gasteiger partial charge in [-0.15, -0.1) is 11.3 Å². The number of methoxy groups -OCH3 is 2. The van der Waals surface area contributed by atoms with E-state index in [0.29, 0.717) is 11.8 Å². The average molecular weight is 269 g/mol. The Balaban J connectivity index is 2.00. The summed E-state index contributed by atoms with van der Waals surface area (Å²) in [6.45, 7) is 0.734. The Hall–Kier alpha value is -0.420.